The molecule has 0 aromatic rings. The predicted molar refractivity (Wildman–Crippen MR) is 65.4 cm³/mol. The summed E-state index contributed by atoms with van der Waals surface area (Å²) in [6, 6.07) is 0. The fourth-order valence-corrected chi connectivity index (χ4v) is 0.264. The molecule has 9 heteroatoms. The number of aliphatic hydroxyl groups is 4. The lowest BCUT2D eigenvalue weighted by Crippen LogP contribution is -2.15. The number of carboxylic acid groups (broad SMARTS) is 1. The van der Waals surface area contributed by atoms with Gasteiger partial charge in [-0.05, 0) is 6.92 Å². The fraction of sp³-hybridized carbons (Fsp3) is 0.778. The van der Waals surface area contributed by atoms with Crippen molar-refractivity contribution in [3.63, 3.8) is 0 Å². The molecule has 5 N–H and O–H groups in total. The summed E-state index contributed by atoms with van der Waals surface area (Å²) >= 11 is 3.42. The zero-order valence-corrected chi connectivity index (χ0v) is 10.9. The first-order valence-electron chi connectivity index (χ1n) is 4.88. The highest BCUT2D eigenvalue weighted by molar-refractivity contribution is 7.81. The Balaban J connectivity index is -0.000000190. The van der Waals surface area contributed by atoms with E-state index in [0.717, 1.165) is 0 Å². The van der Waals surface area contributed by atoms with E-state index >= 15 is 0 Å². The van der Waals surface area contributed by atoms with Crippen LogP contribution in [0.4, 0.5) is 0 Å². The summed E-state index contributed by atoms with van der Waals surface area (Å²) in [6.07, 6.45) is -0.954. The first-order chi connectivity index (χ1) is 8.39. The van der Waals surface area contributed by atoms with Gasteiger partial charge < -0.3 is 30.3 Å². The highest BCUT2D eigenvalue weighted by Gasteiger charge is 1.94. The summed E-state index contributed by atoms with van der Waals surface area (Å²) < 4.78 is 4.30. The second kappa shape index (κ2) is 18.5. The molecule has 0 saturated heterocycles. The average molecular weight is 288 g/mol. The van der Waals surface area contributed by atoms with Crippen LogP contribution in [0.25, 0.3) is 0 Å². The number of aliphatic hydroxyl groups excluding tert-OH is 4. The average Bonchev–Trinajstić information content (AvgIpc) is 2.39. The molecule has 0 amide bonds. The Morgan fingerprint density at radius 1 is 1.22 bits per heavy atom. The lowest BCUT2D eigenvalue weighted by atomic mass is 10.4. The van der Waals surface area contributed by atoms with Gasteiger partial charge in [0.25, 0.3) is 0 Å². The number of thiol groups is 1. The lowest BCUT2D eigenvalue weighted by molar-refractivity contribution is -0.146. The summed E-state index contributed by atoms with van der Waals surface area (Å²) in [4.78, 5) is 19.2. The Bertz CT molecular complexity index is 195. The topological polar surface area (TPSA) is 145 Å². The number of aliphatic carboxylic acids is 1. The van der Waals surface area contributed by atoms with Gasteiger partial charge in [0, 0.05) is 0 Å². The second-order valence-corrected chi connectivity index (χ2v) is 2.85. The van der Waals surface area contributed by atoms with E-state index in [1.807, 2.05) is 0 Å². The van der Waals surface area contributed by atoms with Crippen LogP contribution in [0.5, 0.6) is 0 Å². The van der Waals surface area contributed by atoms with Crippen molar-refractivity contribution in [2.24, 2.45) is 0 Å². The van der Waals surface area contributed by atoms with E-state index in [0.29, 0.717) is 6.61 Å². The maximum absolute atomic E-state index is 9.94. The standard InChI is InChI=1S/C4H8O3.C3H8O3.C2H4O2S/c1-2-7-4(6)3-5;4-1-3(6)2-5;3-2(4)1-5/h5H,2-3H2,1H3;3-6H,1-2H2;5H,1H2,(H,3,4). The number of hydrogen-bond donors (Lipinski definition) is 6. The fourth-order valence-electron chi connectivity index (χ4n) is 0.264. The van der Waals surface area contributed by atoms with Crippen LogP contribution >= 0.6 is 12.6 Å². The summed E-state index contributed by atoms with van der Waals surface area (Å²) in [5.74, 6) is -1.53. The molecular weight excluding hydrogens is 268 g/mol. The van der Waals surface area contributed by atoms with Crippen molar-refractivity contribution >= 4 is 24.6 Å². The highest BCUT2D eigenvalue weighted by Crippen LogP contribution is 1.72. The van der Waals surface area contributed by atoms with Gasteiger partial charge in [-0.25, -0.2) is 4.79 Å². The number of ether oxygens (including phenoxy) is 1. The molecule has 0 rings (SSSR count). The summed E-state index contributed by atoms with van der Waals surface area (Å²) in [7, 11) is 0. The van der Waals surface area contributed by atoms with Crippen molar-refractivity contribution in [2.75, 3.05) is 32.2 Å². The Hall–Kier alpha value is -0.870. The molecule has 0 aromatic carbocycles. The van der Waals surface area contributed by atoms with Gasteiger partial charge in [0.15, 0.2) is 0 Å². The number of carbonyl (C=O) groups excluding carboxylic acids is 1. The van der Waals surface area contributed by atoms with Crippen LogP contribution in [0, 0.1) is 0 Å². The van der Waals surface area contributed by atoms with Crippen molar-refractivity contribution < 1.29 is 39.9 Å². The molecule has 0 heterocycles. The molecule has 0 unspecified atom stereocenters. The molecule has 0 aliphatic carbocycles. The summed E-state index contributed by atoms with van der Waals surface area (Å²) in [5, 5.41) is 39.7. The molecule has 110 valence electrons. The normalized spacial score (nSPS) is 8.61. The van der Waals surface area contributed by atoms with Crippen molar-refractivity contribution in [2.45, 2.75) is 13.0 Å². The van der Waals surface area contributed by atoms with Crippen LogP contribution in [0.2, 0.25) is 0 Å². The number of rotatable bonds is 5. The molecule has 0 atom stereocenters. The third-order valence-corrected chi connectivity index (χ3v) is 1.26. The van der Waals surface area contributed by atoms with Gasteiger partial charge in [-0.1, -0.05) is 0 Å². The van der Waals surface area contributed by atoms with Gasteiger partial charge >= 0.3 is 11.9 Å². The molecule has 8 nitrogen and oxygen atoms in total. The van der Waals surface area contributed by atoms with E-state index in [2.05, 4.69) is 17.4 Å². The van der Waals surface area contributed by atoms with Gasteiger partial charge in [0.2, 0.25) is 0 Å². The molecule has 0 aliphatic rings. The highest BCUT2D eigenvalue weighted by atomic mass is 32.1. The van der Waals surface area contributed by atoms with Crippen LogP contribution in [0.1, 0.15) is 6.92 Å². The Kier molecular flexibility index (Phi) is 22.9. The van der Waals surface area contributed by atoms with E-state index in [4.69, 9.17) is 25.5 Å². The monoisotopic (exact) mass is 288 g/mol. The third kappa shape index (κ3) is 29.4. The molecule has 0 radical (unpaired) electrons. The zero-order chi connectivity index (χ0) is 15.0. The van der Waals surface area contributed by atoms with Gasteiger partial charge in [-0.15, -0.1) is 0 Å². The Morgan fingerprint density at radius 2 is 1.61 bits per heavy atom. The molecule has 18 heavy (non-hydrogen) atoms. The van der Waals surface area contributed by atoms with Gasteiger partial charge in [0.1, 0.15) is 12.7 Å². The molecule has 0 bridgehead atoms. The minimum absolute atomic E-state index is 0.0833. The smallest absolute Gasteiger partial charge is 0.331 e. The zero-order valence-electron chi connectivity index (χ0n) is 10.0. The second-order valence-electron chi connectivity index (χ2n) is 2.53. The van der Waals surface area contributed by atoms with Gasteiger partial charge in [0.05, 0.1) is 25.6 Å². The molecule has 0 saturated carbocycles. The van der Waals surface area contributed by atoms with Gasteiger partial charge in [-0.3, -0.25) is 4.79 Å². The van der Waals surface area contributed by atoms with E-state index in [1.165, 1.54) is 0 Å². The van der Waals surface area contributed by atoms with Crippen molar-refractivity contribution in [1.82, 2.24) is 0 Å². The largest absolute Gasteiger partial charge is 0.481 e. The van der Waals surface area contributed by atoms with Gasteiger partial charge in [-0.2, -0.15) is 12.6 Å². The van der Waals surface area contributed by atoms with Crippen LogP contribution in [-0.4, -0.2) is 75.8 Å². The first kappa shape index (κ1) is 22.3. The minimum Gasteiger partial charge on any atom is -0.481 e. The van der Waals surface area contributed by atoms with E-state index in [-0.39, 0.29) is 19.0 Å². The number of esters is 1. The number of hydrogen-bond acceptors (Lipinski definition) is 8. The molecule has 0 aromatic heterocycles. The number of carboxylic acids is 1. The lowest BCUT2D eigenvalue weighted by Gasteiger charge is -1.96. The molecule has 0 aliphatic heterocycles. The van der Waals surface area contributed by atoms with Crippen LogP contribution in [-0.2, 0) is 14.3 Å². The van der Waals surface area contributed by atoms with E-state index in [1.54, 1.807) is 6.92 Å². The molecule has 0 fully saturated rings. The van der Waals surface area contributed by atoms with E-state index in [9.17, 15) is 9.59 Å². The Labute approximate surface area is 110 Å². The molecular formula is C9H20O8S. The minimum atomic E-state index is -0.954. The maximum Gasteiger partial charge on any atom is 0.331 e. The third-order valence-electron chi connectivity index (χ3n) is 0.991. The summed E-state index contributed by atoms with van der Waals surface area (Å²) in [6.45, 7) is 0.772. The van der Waals surface area contributed by atoms with Crippen LogP contribution < -0.4 is 0 Å². The van der Waals surface area contributed by atoms with Crippen molar-refractivity contribution in [3.05, 3.63) is 0 Å². The number of carbonyl (C=O) groups is 2. The van der Waals surface area contributed by atoms with Crippen LogP contribution in [0.15, 0.2) is 0 Å². The predicted octanol–water partition coefficient (Wildman–Crippen LogP) is -2.13. The van der Waals surface area contributed by atoms with E-state index < -0.39 is 24.6 Å². The first-order valence-corrected chi connectivity index (χ1v) is 5.51. The Morgan fingerprint density at radius 3 is 1.67 bits per heavy atom. The SMILES string of the molecule is CCOC(=O)CO.O=C(O)CS.OCC(O)CO. The molecule has 0 spiro atoms. The quantitative estimate of drug-likeness (QED) is 0.249. The maximum atomic E-state index is 9.94. The van der Waals surface area contributed by atoms with Crippen LogP contribution in [0.3, 0.4) is 0 Å². The van der Waals surface area contributed by atoms with Crippen molar-refractivity contribution in [3.8, 4) is 0 Å². The summed E-state index contributed by atoms with van der Waals surface area (Å²) in [5.41, 5.74) is 0. The van der Waals surface area contributed by atoms with Crippen molar-refractivity contribution in [1.29, 1.82) is 0 Å².